The molecule has 0 bridgehead atoms. The number of benzene rings is 1. The van der Waals surface area contributed by atoms with E-state index in [-0.39, 0.29) is 6.04 Å². The predicted octanol–water partition coefficient (Wildman–Crippen LogP) is 3.51. The molecule has 19 heavy (non-hydrogen) atoms. The van der Waals surface area contributed by atoms with Crippen molar-refractivity contribution >= 4 is 17.0 Å². The predicted molar refractivity (Wildman–Crippen MR) is 78.9 cm³/mol. The van der Waals surface area contributed by atoms with Gasteiger partial charge in [-0.05, 0) is 42.5 Å². The first-order chi connectivity index (χ1) is 9.15. The number of hydrogen-bond donors (Lipinski definition) is 2. The number of hydrogen-bond acceptors (Lipinski definition) is 4. The average Bonchev–Trinajstić information content (AvgIpc) is 3.03. The SMILES string of the molecule is Cc1cc(C)c(O)c(C2=NNC(c3cccs3)C2)c1. The molecule has 1 atom stereocenters. The van der Waals surface area contributed by atoms with E-state index < -0.39 is 0 Å². The zero-order valence-corrected chi connectivity index (χ0v) is 11.8. The summed E-state index contributed by atoms with van der Waals surface area (Å²) in [4.78, 5) is 1.28. The lowest BCUT2D eigenvalue weighted by atomic mass is 9.98. The monoisotopic (exact) mass is 272 g/mol. The molecule has 1 aliphatic rings. The van der Waals surface area contributed by atoms with Gasteiger partial charge in [0.05, 0.1) is 11.8 Å². The Morgan fingerprint density at radius 1 is 1.37 bits per heavy atom. The first kappa shape index (κ1) is 12.2. The highest BCUT2D eigenvalue weighted by Gasteiger charge is 2.24. The fraction of sp³-hybridized carbons (Fsp3) is 0.267. The summed E-state index contributed by atoms with van der Waals surface area (Å²) in [6.45, 7) is 3.96. The number of nitrogens with zero attached hydrogens (tertiary/aromatic N) is 1. The summed E-state index contributed by atoms with van der Waals surface area (Å²) in [5.74, 6) is 0.345. The molecular formula is C15H16N2OS. The Morgan fingerprint density at radius 3 is 2.95 bits per heavy atom. The average molecular weight is 272 g/mol. The van der Waals surface area contributed by atoms with Crippen LogP contribution in [0.25, 0.3) is 0 Å². The number of hydrazone groups is 1. The number of nitrogens with one attached hydrogen (secondary N) is 1. The molecule has 3 rings (SSSR count). The van der Waals surface area contributed by atoms with Crippen molar-refractivity contribution < 1.29 is 5.11 Å². The standard InChI is InChI=1S/C15H16N2OS/c1-9-6-10(2)15(18)11(7-9)12-8-13(17-16-12)14-4-3-5-19-14/h3-7,13,17-18H,8H2,1-2H3. The Hall–Kier alpha value is -1.81. The lowest BCUT2D eigenvalue weighted by Gasteiger charge is -2.09. The molecule has 0 radical (unpaired) electrons. The molecule has 3 nitrogen and oxygen atoms in total. The largest absolute Gasteiger partial charge is 0.507 e. The molecule has 2 N–H and O–H groups in total. The Morgan fingerprint density at radius 2 is 2.21 bits per heavy atom. The molecule has 2 heterocycles. The van der Waals surface area contributed by atoms with Gasteiger partial charge in [0.15, 0.2) is 0 Å². The van der Waals surface area contributed by atoms with Crippen molar-refractivity contribution in [2.75, 3.05) is 0 Å². The van der Waals surface area contributed by atoms with Crippen molar-refractivity contribution in [1.82, 2.24) is 5.43 Å². The number of phenolic OH excluding ortho intramolecular Hbond substituents is 1. The molecule has 0 spiro atoms. The van der Waals surface area contributed by atoms with Crippen molar-refractivity contribution in [3.05, 3.63) is 51.2 Å². The van der Waals surface area contributed by atoms with Crippen LogP contribution < -0.4 is 5.43 Å². The van der Waals surface area contributed by atoms with E-state index in [4.69, 9.17) is 0 Å². The summed E-state index contributed by atoms with van der Waals surface area (Å²) in [7, 11) is 0. The molecule has 0 amide bonds. The third kappa shape index (κ3) is 2.24. The molecule has 4 heteroatoms. The van der Waals surface area contributed by atoms with Gasteiger partial charge in [-0.1, -0.05) is 12.1 Å². The Balaban J connectivity index is 1.89. The van der Waals surface area contributed by atoms with Gasteiger partial charge < -0.3 is 10.5 Å². The highest BCUT2D eigenvalue weighted by atomic mass is 32.1. The number of rotatable bonds is 2. The summed E-state index contributed by atoms with van der Waals surface area (Å²) in [6, 6.07) is 8.38. The van der Waals surface area contributed by atoms with E-state index in [2.05, 4.69) is 22.0 Å². The van der Waals surface area contributed by atoms with Crippen LogP contribution >= 0.6 is 11.3 Å². The fourth-order valence-corrected chi connectivity index (χ4v) is 3.22. The van der Waals surface area contributed by atoms with E-state index in [1.165, 1.54) is 4.88 Å². The van der Waals surface area contributed by atoms with Gasteiger partial charge in [-0.2, -0.15) is 5.10 Å². The lowest BCUT2D eigenvalue weighted by Crippen LogP contribution is -2.08. The summed E-state index contributed by atoms with van der Waals surface area (Å²) in [6.07, 6.45) is 0.816. The minimum atomic E-state index is 0.232. The smallest absolute Gasteiger partial charge is 0.127 e. The first-order valence-corrected chi connectivity index (χ1v) is 7.19. The van der Waals surface area contributed by atoms with E-state index in [0.717, 1.165) is 28.8 Å². The Bertz CT molecular complexity index is 632. The summed E-state index contributed by atoms with van der Waals surface area (Å²) >= 11 is 1.73. The molecule has 1 unspecified atom stereocenters. The van der Waals surface area contributed by atoms with Crippen molar-refractivity contribution in [2.45, 2.75) is 26.3 Å². The van der Waals surface area contributed by atoms with E-state index in [0.29, 0.717) is 5.75 Å². The summed E-state index contributed by atoms with van der Waals surface area (Å²) in [5, 5.41) is 16.7. The zero-order valence-electron chi connectivity index (χ0n) is 11.0. The second-order valence-corrected chi connectivity index (χ2v) is 5.92. The Kier molecular flexibility index (Phi) is 3.03. The molecule has 2 aromatic rings. The molecule has 1 aliphatic heterocycles. The van der Waals surface area contributed by atoms with Crippen LogP contribution in [0.1, 0.15) is 34.0 Å². The van der Waals surface area contributed by atoms with Crippen LogP contribution in [0, 0.1) is 13.8 Å². The van der Waals surface area contributed by atoms with Gasteiger partial charge in [0.1, 0.15) is 5.75 Å². The van der Waals surface area contributed by atoms with Gasteiger partial charge in [-0.25, -0.2) is 0 Å². The number of aromatic hydroxyl groups is 1. The van der Waals surface area contributed by atoms with Crippen LogP contribution in [0.4, 0.5) is 0 Å². The molecule has 0 saturated carbocycles. The molecule has 1 aromatic carbocycles. The van der Waals surface area contributed by atoms with Crippen LogP contribution in [-0.2, 0) is 0 Å². The van der Waals surface area contributed by atoms with Gasteiger partial charge in [-0.15, -0.1) is 11.3 Å². The van der Waals surface area contributed by atoms with Crippen LogP contribution in [0.5, 0.6) is 5.75 Å². The maximum absolute atomic E-state index is 10.2. The quantitative estimate of drug-likeness (QED) is 0.878. The molecule has 0 fully saturated rings. The van der Waals surface area contributed by atoms with Crippen LogP contribution in [0.2, 0.25) is 0 Å². The normalized spacial score (nSPS) is 18.2. The maximum Gasteiger partial charge on any atom is 0.127 e. The molecule has 98 valence electrons. The molecule has 0 aliphatic carbocycles. The second-order valence-electron chi connectivity index (χ2n) is 4.94. The van der Waals surface area contributed by atoms with Gasteiger partial charge in [0, 0.05) is 16.9 Å². The fourth-order valence-electron chi connectivity index (χ4n) is 2.44. The van der Waals surface area contributed by atoms with Crippen molar-refractivity contribution in [3.63, 3.8) is 0 Å². The third-order valence-electron chi connectivity index (χ3n) is 3.40. The van der Waals surface area contributed by atoms with E-state index in [1.807, 2.05) is 32.0 Å². The van der Waals surface area contributed by atoms with Crippen molar-refractivity contribution in [3.8, 4) is 5.75 Å². The van der Waals surface area contributed by atoms with Gasteiger partial charge in [0.2, 0.25) is 0 Å². The number of phenols is 1. The topological polar surface area (TPSA) is 44.6 Å². The van der Waals surface area contributed by atoms with E-state index in [9.17, 15) is 5.11 Å². The van der Waals surface area contributed by atoms with E-state index >= 15 is 0 Å². The third-order valence-corrected chi connectivity index (χ3v) is 4.38. The van der Waals surface area contributed by atoms with Gasteiger partial charge >= 0.3 is 0 Å². The highest BCUT2D eigenvalue weighted by Crippen LogP contribution is 2.32. The lowest BCUT2D eigenvalue weighted by molar-refractivity contribution is 0.469. The number of aryl methyl sites for hydroxylation is 2. The van der Waals surface area contributed by atoms with Gasteiger partial charge in [0.25, 0.3) is 0 Å². The minimum absolute atomic E-state index is 0.232. The maximum atomic E-state index is 10.2. The van der Waals surface area contributed by atoms with Crippen LogP contribution in [0.3, 0.4) is 0 Å². The van der Waals surface area contributed by atoms with Gasteiger partial charge in [-0.3, -0.25) is 0 Å². The zero-order chi connectivity index (χ0) is 13.4. The van der Waals surface area contributed by atoms with Crippen LogP contribution in [0.15, 0.2) is 34.7 Å². The first-order valence-electron chi connectivity index (χ1n) is 6.31. The Labute approximate surface area is 116 Å². The summed E-state index contributed by atoms with van der Waals surface area (Å²) in [5.41, 5.74) is 6.99. The second kappa shape index (κ2) is 4.70. The van der Waals surface area contributed by atoms with E-state index in [1.54, 1.807) is 11.3 Å². The molecule has 0 saturated heterocycles. The minimum Gasteiger partial charge on any atom is -0.507 e. The highest BCUT2D eigenvalue weighted by molar-refractivity contribution is 7.10. The summed E-state index contributed by atoms with van der Waals surface area (Å²) < 4.78 is 0. The molecule has 1 aromatic heterocycles. The number of thiophene rings is 1. The van der Waals surface area contributed by atoms with Crippen molar-refractivity contribution in [1.29, 1.82) is 0 Å². The van der Waals surface area contributed by atoms with Crippen LogP contribution in [-0.4, -0.2) is 10.8 Å². The molecular weight excluding hydrogens is 256 g/mol. The van der Waals surface area contributed by atoms with Crippen molar-refractivity contribution in [2.24, 2.45) is 5.10 Å².